The summed E-state index contributed by atoms with van der Waals surface area (Å²) in [6.07, 6.45) is 0. The highest BCUT2D eigenvalue weighted by Crippen LogP contribution is 2.38. The van der Waals surface area contributed by atoms with E-state index in [-0.39, 0.29) is 0 Å². The van der Waals surface area contributed by atoms with Crippen LogP contribution in [0.1, 0.15) is 27.7 Å². The van der Waals surface area contributed by atoms with E-state index in [2.05, 4.69) is 36.4 Å². The fraction of sp³-hybridized carbons (Fsp3) is 0.273. The largest absolute Gasteiger partial charge is 0.427 e. The van der Waals surface area contributed by atoms with Crippen LogP contribution in [-0.4, -0.2) is 23.8 Å². The molecule has 1 heterocycles. The van der Waals surface area contributed by atoms with Crippen molar-refractivity contribution < 1.29 is 9.76 Å². The van der Waals surface area contributed by atoms with Gasteiger partial charge in [-0.3, -0.25) is 0 Å². The van der Waals surface area contributed by atoms with Crippen LogP contribution in [0.5, 0.6) is 0 Å². The van der Waals surface area contributed by atoms with Crippen molar-refractivity contribution in [1.29, 1.82) is 0 Å². The van der Waals surface area contributed by atoms with Gasteiger partial charge in [0, 0.05) is 19.8 Å². The standard InChI is InChI=1S/C22H22BClO2S/c1-21(2,25)22(3,4)26-23-17-11-14(24)12-18-19(17)16-10-9-13-7-5-6-8-15(13)20(16)27-18/h5-12,23,25H,1-4H3. The number of aliphatic hydroxyl groups is 1. The molecule has 1 N–H and O–H groups in total. The van der Waals surface area contributed by atoms with Crippen LogP contribution in [0, 0.1) is 0 Å². The fourth-order valence-electron chi connectivity index (χ4n) is 3.23. The first-order valence-electron chi connectivity index (χ1n) is 9.06. The number of fused-ring (bicyclic) bond motifs is 5. The van der Waals surface area contributed by atoms with Gasteiger partial charge in [-0.2, -0.15) is 0 Å². The summed E-state index contributed by atoms with van der Waals surface area (Å²) < 4.78 is 8.58. The highest BCUT2D eigenvalue weighted by atomic mass is 35.5. The number of thiophene rings is 1. The molecule has 0 bridgehead atoms. The summed E-state index contributed by atoms with van der Waals surface area (Å²) in [4.78, 5) is 0. The van der Waals surface area contributed by atoms with Gasteiger partial charge in [0.2, 0.25) is 0 Å². The molecule has 3 aromatic carbocycles. The first-order chi connectivity index (χ1) is 12.7. The predicted molar refractivity (Wildman–Crippen MR) is 120 cm³/mol. The fourth-order valence-corrected chi connectivity index (χ4v) is 4.86. The van der Waals surface area contributed by atoms with E-state index in [1.165, 1.54) is 26.2 Å². The summed E-state index contributed by atoms with van der Waals surface area (Å²) in [6.45, 7) is 7.36. The van der Waals surface area contributed by atoms with Crippen LogP contribution in [0.3, 0.4) is 0 Å². The molecule has 5 heteroatoms. The lowest BCUT2D eigenvalue weighted by molar-refractivity contribution is -0.0893. The molecule has 0 aliphatic carbocycles. The minimum atomic E-state index is -0.947. The van der Waals surface area contributed by atoms with E-state index in [4.69, 9.17) is 16.3 Å². The minimum absolute atomic E-state index is 0.396. The molecule has 27 heavy (non-hydrogen) atoms. The average Bonchev–Trinajstić information content (AvgIpc) is 2.97. The SMILES string of the molecule is CC(C)(O)C(C)(C)OBc1cc(Cl)cc2sc3c4ccccc4ccc3c12. The van der Waals surface area contributed by atoms with Gasteiger partial charge in [-0.05, 0) is 61.4 Å². The zero-order valence-electron chi connectivity index (χ0n) is 16.0. The van der Waals surface area contributed by atoms with Crippen LogP contribution in [0.15, 0.2) is 48.5 Å². The molecule has 0 spiro atoms. The normalized spacial score (nSPS) is 13.0. The molecular formula is C22H22BClO2S. The van der Waals surface area contributed by atoms with Crippen LogP contribution >= 0.6 is 22.9 Å². The maximum absolute atomic E-state index is 10.4. The van der Waals surface area contributed by atoms with E-state index in [0.29, 0.717) is 12.5 Å². The number of rotatable bonds is 4. The van der Waals surface area contributed by atoms with Crippen molar-refractivity contribution in [3.8, 4) is 0 Å². The van der Waals surface area contributed by atoms with Gasteiger partial charge in [-0.1, -0.05) is 48.0 Å². The molecule has 4 aromatic rings. The first-order valence-corrected chi connectivity index (χ1v) is 10.3. The van der Waals surface area contributed by atoms with Gasteiger partial charge in [-0.25, -0.2) is 0 Å². The third-order valence-electron chi connectivity index (χ3n) is 5.57. The van der Waals surface area contributed by atoms with Gasteiger partial charge in [0.25, 0.3) is 0 Å². The second kappa shape index (κ2) is 6.49. The van der Waals surface area contributed by atoms with E-state index in [1.54, 1.807) is 25.2 Å². The Morgan fingerprint density at radius 2 is 1.74 bits per heavy atom. The van der Waals surface area contributed by atoms with Crippen LogP contribution in [0.25, 0.3) is 30.9 Å². The molecule has 0 atom stereocenters. The van der Waals surface area contributed by atoms with Crippen molar-refractivity contribution in [2.45, 2.75) is 38.9 Å². The van der Waals surface area contributed by atoms with Crippen molar-refractivity contribution in [3.05, 3.63) is 53.6 Å². The third kappa shape index (κ3) is 3.25. The summed E-state index contributed by atoms with van der Waals surface area (Å²) in [5.74, 6) is 0. The molecule has 4 rings (SSSR count). The Kier molecular flexibility index (Phi) is 4.51. The monoisotopic (exact) mass is 396 g/mol. The van der Waals surface area contributed by atoms with Crippen molar-refractivity contribution in [2.75, 3.05) is 0 Å². The van der Waals surface area contributed by atoms with Crippen LogP contribution in [0.2, 0.25) is 5.02 Å². The van der Waals surface area contributed by atoms with E-state index in [0.717, 1.165) is 10.2 Å². The number of benzene rings is 3. The van der Waals surface area contributed by atoms with Crippen LogP contribution in [-0.2, 0) is 4.65 Å². The second-order valence-corrected chi connectivity index (χ2v) is 9.55. The topological polar surface area (TPSA) is 29.5 Å². The van der Waals surface area contributed by atoms with E-state index in [9.17, 15) is 5.11 Å². The molecule has 138 valence electrons. The molecule has 0 aliphatic rings. The zero-order valence-corrected chi connectivity index (χ0v) is 17.5. The zero-order chi connectivity index (χ0) is 19.4. The maximum Gasteiger partial charge on any atom is 0.310 e. The second-order valence-electron chi connectivity index (χ2n) is 8.06. The molecule has 1 aromatic heterocycles. The third-order valence-corrected chi connectivity index (χ3v) is 6.98. The average molecular weight is 397 g/mol. The van der Waals surface area contributed by atoms with Gasteiger partial charge < -0.3 is 9.76 Å². The molecule has 0 saturated heterocycles. The molecule has 2 nitrogen and oxygen atoms in total. The van der Waals surface area contributed by atoms with E-state index < -0.39 is 11.2 Å². The Labute approximate surface area is 169 Å². The molecule has 0 fully saturated rings. The summed E-state index contributed by atoms with van der Waals surface area (Å²) in [7, 11) is 0.396. The van der Waals surface area contributed by atoms with Gasteiger partial charge in [-0.15, -0.1) is 11.3 Å². The van der Waals surface area contributed by atoms with E-state index in [1.807, 2.05) is 26.0 Å². The van der Waals surface area contributed by atoms with Gasteiger partial charge in [0.15, 0.2) is 0 Å². The molecule has 0 radical (unpaired) electrons. The Balaban J connectivity index is 1.89. The first kappa shape index (κ1) is 18.8. The molecule has 0 unspecified atom stereocenters. The highest BCUT2D eigenvalue weighted by Gasteiger charge is 2.35. The molecule has 0 aliphatic heterocycles. The van der Waals surface area contributed by atoms with E-state index >= 15 is 0 Å². The quantitative estimate of drug-likeness (QED) is 0.468. The summed E-state index contributed by atoms with van der Waals surface area (Å²) in [5, 5.41) is 16.0. The van der Waals surface area contributed by atoms with Crippen molar-refractivity contribution in [2.24, 2.45) is 0 Å². The number of hydrogen-bond donors (Lipinski definition) is 1. The summed E-state index contributed by atoms with van der Waals surface area (Å²) in [6, 6.07) is 16.8. The molecule has 0 amide bonds. The highest BCUT2D eigenvalue weighted by molar-refractivity contribution is 7.27. The Morgan fingerprint density at radius 3 is 2.48 bits per heavy atom. The summed E-state index contributed by atoms with van der Waals surface area (Å²) in [5.41, 5.74) is -0.575. The Hall–Kier alpha value is -1.59. The Morgan fingerprint density at radius 1 is 1.00 bits per heavy atom. The van der Waals surface area contributed by atoms with Crippen LogP contribution < -0.4 is 5.46 Å². The lowest BCUT2D eigenvalue weighted by atomic mass is 9.80. The van der Waals surface area contributed by atoms with Gasteiger partial charge in [0.05, 0.1) is 11.2 Å². The molecule has 0 saturated carbocycles. The number of halogens is 1. The summed E-state index contributed by atoms with van der Waals surface area (Å²) >= 11 is 8.18. The van der Waals surface area contributed by atoms with Crippen molar-refractivity contribution in [3.63, 3.8) is 0 Å². The van der Waals surface area contributed by atoms with Gasteiger partial charge in [0.1, 0.15) is 0 Å². The number of hydrogen-bond acceptors (Lipinski definition) is 3. The predicted octanol–water partition coefficient (Wildman–Crippen LogP) is 5.40. The van der Waals surface area contributed by atoms with Crippen molar-refractivity contribution in [1.82, 2.24) is 0 Å². The van der Waals surface area contributed by atoms with Crippen LogP contribution in [0.4, 0.5) is 0 Å². The lowest BCUT2D eigenvalue weighted by Gasteiger charge is -2.37. The Bertz CT molecular complexity index is 1160. The van der Waals surface area contributed by atoms with Gasteiger partial charge >= 0.3 is 7.48 Å². The molecular weight excluding hydrogens is 375 g/mol. The minimum Gasteiger partial charge on any atom is -0.427 e. The lowest BCUT2D eigenvalue weighted by Crippen LogP contribution is -2.49. The smallest absolute Gasteiger partial charge is 0.310 e. The maximum atomic E-state index is 10.4. The van der Waals surface area contributed by atoms with Crippen molar-refractivity contribution >= 4 is 66.8 Å².